The molecule has 1 aliphatic rings. The number of fused-ring (bicyclic) bond motifs is 1. The summed E-state index contributed by atoms with van der Waals surface area (Å²) in [6, 6.07) is 24.5. The number of hydrogen-bond donors (Lipinski definition) is 0. The van der Waals surface area contributed by atoms with Gasteiger partial charge < -0.3 is 4.90 Å². The van der Waals surface area contributed by atoms with Crippen molar-refractivity contribution < 1.29 is 14.4 Å². The van der Waals surface area contributed by atoms with Gasteiger partial charge >= 0.3 is 0 Å². The molecule has 3 aromatic rings. The van der Waals surface area contributed by atoms with Crippen LogP contribution in [0.15, 0.2) is 78.9 Å². The molecule has 5 heteroatoms. The highest BCUT2D eigenvalue weighted by Gasteiger charge is 2.34. The normalized spacial score (nSPS) is 12.8. The smallest absolute Gasteiger partial charge is 0.261 e. The topological polar surface area (TPSA) is 57.7 Å². The average molecular weight is 398 g/mol. The molecule has 5 nitrogen and oxygen atoms in total. The monoisotopic (exact) mass is 398 g/mol. The van der Waals surface area contributed by atoms with Crippen molar-refractivity contribution in [2.45, 2.75) is 12.8 Å². The van der Waals surface area contributed by atoms with Crippen molar-refractivity contribution in [3.05, 3.63) is 90.0 Å². The number of rotatable bonds is 6. The minimum Gasteiger partial charge on any atom is -0.315 e. The van der Waals surface area contributed by atoms with E-state index in [1.54, 1.807) is 36.2 Å². The highest BCUT2D eigenvalue weighted by molar-refractivity contribution is 6.21. The molecule has 1 aliphatic heterocycles. The number of para-hydroxylation sites is 1. The van der Waals surface area contributed by atoms with Gasteiger partial charge in [0, 0.05) is 25.6 Å². The third-order valence-electron chi connectivity index (χ3n) is 5.37. The first-order valence-corrected chi connectivity index (χ1v) is 9.94. The molecule has 0 aromatic heterocycles. The van der Waals surface area contributed by atoms with Gasteiger partial charge in [-0.25, -0.2) is 0 Å². The summed E-state index contributed by atoms with van der Waals surface area (Å²) in [5, 5.41) is 0. The van der Waals surface area contributed by atoms with Crippen molar-refractivity contribution in [1.29, 1.82) is 0 Å². The third-order valence-corrected chi connectivity index (χ3v) is 5.37. The van der Waals surface area contributed by atoms with E-state index in [2.05, 4.69) is 0 Å². The average Bonchev–Trinajstić information content (AvgIpc) is 3.04. The summed E-state index contributed by atoms with van der Waals surface area (Å²) in [5.74, 6) is -0.633. The van der Waals surface area contributed by atoms with Gasteiger partial charge in [0.05, 0.1) is 16.8 Å². The lowest BCUT2D eigenvalue weighted by Crippen LogP contribution is -2.32. The molecular formula is C25H22N2O3. The molecule has 30 heavy (non-hydrogen) atoms. The van der Waals surface area contributed by atoms with E-state index in [4.69, 9.17) is 0 Å². The van der Waals surface area contributed by atoms with E-state index in [0.717, 1.165) is 16.8 Å². The summed E-state index contributed by atoms with van der Waals surface area (Å²) in [6.45, 7) is 0.228. The van der Waals surface area contributed by atoms with Crippen LogP contribution in [0, 0.1) is 0 Å². The van der Waals surface area contributed by atoms with Gasteiger partial charge in [0.2, 0.25) is 5.91 Å². The van der Waals surface area contributed by atoms with Crippen molar-refractivity contribution in [2.75, 3.05) is 18.5 Å². The number of anilines is 1. The maximum Gasteiger partial charge on any atom is 0.261 e. The first-order valence-electron chi connectivity index (χ1n) is 9.94. The summed E-state index contributed by atoms with van der Waals surface area (Å²) in [6.07, 6.45) is 0.662. The molecule has 3 amide bonds. The van der Waals surface area contributed by atoms with Gasteiger partial charge in [-0.3, -0.25) is 19.3 Å². The number of nitrogens with zero attached hydrogens (tertiary/aromatic N) is 2. The van der Waals surface area contributed by atoms with Gasteiger partial charge in [-0.05, 0) is 30.2 Å². The van der Waals surface area contributed by atoms with Gasteiger partial charge in [-0.1, -0.05) is 60.7 Å². The largest absolute Gasteiger partial charge is 0.315 e. The van der Waals surface area contributed by atoms with Crippen molar-refractivity contribution in [3.63, 3.8) is 0 Å². The van der Waals surface area contributed by atoms with Crippen molar-refractivity contribution in [1.82, 2.24) is 4.90 Å². The van der Waals surface area contributed by atoms with Crippen LogP contribution in [0.25, 0.3) is 11.1 Å². The first-order chi connectivity index (χ1) is 14.6. The fraction of sp³-hybridized carbons (Fsp3) is 0.160. The zero-order chi connectivity index (χ0) is 21.1. The molecule has 0 unspecified atom stereocenters. The van der Waals surface area contributed by atoms with E-state index in [9.17, 15) is 14.4 Å². The maximum atomic E-state index is 12.8. The minimum atomic E-state index is -0.286. The Morgan fingerprint density at radius 3 is 1.93 bits per heavy atom. The van der Waals surface area contributed by atoms with Crippen LogP contribution in [0.4, 0.5) is 5.69 Å². The van der Waals surface area contributed by atoms with E-state index < -0.39 is 0 Å². The molecule has 0 N–H and O–H groups in total. The Hall–Kier alpha value is -3.73. The second-order valence-electron chi connectivity index (χ2n) is 7.25. The van der Waals surface area contributed by atoms with E-state index >= 15 is 0 Å². The van der Waals surface area contributed by atoms with E-state index in [0.29, 0.717) is 17.5 Å². The molecule has 150 valence electrons. The SMILES string of the molecule is CN(C(=O)CCCN1C(=O)c2ccccc2C1=O)c1ccccc1-c1ccccc1. The molecule has 0 saturated heterocycles. The summed E-state index contributed by atoms with van der Waals surface area (Å²) in [7, 11) is 1.76. The fourth-order valence-electron chi connectivity index (χ4n) is 3.76. The summed E-state index contributed by atoms with van der Waals surface area (Å²) in [4.78, 5) is 40.6. The van der Waals surface area contributed by atoms with E-state index in [1.807, 2.05) is 54.6 Å². The molecule has 0 radical (unpaired) electrons. The molecular weight excluding hydrogens is 376 g/mol. The Kier molecular flexibility index (Phi) is 5.44. The number of amides is 3. The van der Waals surface area contributed by atoms with Crippen LogP contribution in [0.3, 0.4) is 0 Å². The van der Waals surface area contributed by atoms with Crippen LogP contribution in [0.5, 0.6) is 0 Å². The molecule has 4 rings (SSSR count). The lowest BCUT2D eigenvalue weighted by molar-refractivity contribution is -0.118. The molecule has 0 atom stereocenters. The summed E-state index contributed by atoms with van der Waals surface area (Å²) < 4.78 is 0. The Morgan fingerprint density at radius 2 is 1.30 bits per heavy atom. The standard InChI is InChI=1S/C25H22N2O3/c1-26(22-15-8-7-12-19(22)18-10-3-2-4-11-18)23(28)16-9-17-27-24(29)20-13-5-6-14-21(20)25(27)30/h2-8,10-15H,9,16-17H2,1H3. The summed E-state index contributed by atoms with van der Waals surface area (Å²) >= 11 is 0. The zero-order valence-corrected chi connectivity index (χ0v) is 16.7. The molecule has 0 spiro atoms. The van der Waals surface area contributed by atoms with Crippen LogP contribution in [0.2, 0.25) is 0 Å². The number of hydrogen-bond acceptors (Lipinski definition) is 3. The second-order valence-corrected chi connectivity index (χ2v) is 7.25. The summed E-state index contributed by atoms with van der Waals surface area (Å²) in [5.41, 5.74) is 3.72. The van der Waals surface area contributed by atoms with Crippen LogP contribution in [-0.2, 0) is 4.79 Å². The van der Waals surface area contributed by atoms with Gasteiger partial charge in [-0.15, -0.1) is 0 Å². The zero-order valence-electron chi connectivity index (χ0n) is 16.7. The van der Waals surface area contributed by atoms with Crippen molar-refractivity contribution in [2.24, 2.45) is 0 Å². The number of benzene rings is 3. The van der Waals surface area contributed by atoms with E-state index in [-0.39, 0.29) is 30.7 Å². The van der Waals surface area contributed by atoms with Gasteiger partial charge in [0.15, 0.2) is 0 Å². The molecule has 0 saturated carbocycles. The minimum absolute atomic E-state index is 0.0602. The Bertz CT molecular complexity index is 1070. The molecule has 3 aromatic carbocycles. The van der Waals surface area contributed by atoms with Crippen LogP contribution in [0.1, 0.15) is 33.6 Å². The number of carbonyl (C=O) groups is 3. The predicted molar refractivity (Wildman–Crippen MR) is 116 cm³/mol. The Labute approximate surface area is 175 Å². The van der Waals surface area contributed by atoms with E-state index in [1.165, 1.54) is 4.90 Å². The maximum absolute atomic E-state index is 12.8. The molecule has 1 heterocycles. The van der Waals surface area contributed by atoms with Gasteiger partial charge in [0.25, 0.3) is 11.8 Å². The highest BCUT2D eigenvalue weighted by atomic mass is 16.2. The second kappa shape index (κ2) is 8.33. The van der Waals surface area contributed by atoms with Gasteiger partial charge in [0.1, 0.15) is 0 Å². The number of carbonyl (C=O) groups excluding carboxylic acids is 3. The molecule has 0 aliphatic carbocycles. The Morgan fingerprint density at radius 1 is 0.767 bits per heavy atom. The first kappa shape index (κ1) is 19.6. The lowest BCUT2D eigenvalue weighted by Gasteiger charge is -2.21. The molecule has 0 bridgehead atoms. The predicted octanol–water partition coefficient (Wildman–Crippen LogP) is 4.39. The van der Waals surface area contributed by atoms with Gasteiger partial charge in [-0.2, -0.15) is 0 Å². The highest BCUT2D eigenvalue weighted by Crippen LogP contribution is 2.30. The third kappa shape index (κ3) is 3.62. The fourth-order valence-corrected chi connectivity index (χ4v) is 3.76. The lowest BCUT2D eigenvalue weighted by atomic mass is 10.0. The molecule has 0 fully saturated rings. The number of imide groups is 1. The van der Waals surface area contributed by atoms with Crippen molar-refractivity contribution in [3.8, 4) is 11.1 Å². The Balaban J connectivity index is 1.41. The van der Waals surface area contributed by atoms with Crippen LogP contribution < -0.4 is 4.90 Å². The quantitative estimate of drug-likeness (QED) is 0.579. The van der Waals surface area contributed by atoms with Crippen LogP contribution in [-0.4, -0.2) is 36.2 Å². The van der Waals surface area contributed by atoms with Crippen molar-refractivity contribution >= 4 is 23.4 Å². The van der Waals surface area contributed by atoms with Crippen LogP contribution >= 0.6 is 0 Å².